The van der Waals surface area contributed by atoms with Gasteiger partial charge in [-0.3, -0.25) is 0 Å². The zero-order chi connectivity index (χ0) is 16.3. The Morgan fingerprint density at radius 1 is 1.17 bits per heavy atom. The summed E-state index contributed by atoms with van der Waals surface area (Å²) in [5.41, 5.74) is 0. The molecule has 3 rings (SSSR count). The average Bonchev–Trinajstić information content (AvgIpc) is 3.24. The van der Waals surface area contributed by atoms with E-state index in [4.69, 9.17) is 0 Å². The smallest absolute Gasteiger partial charge is 0.281 e. The Bertz CT molecular complexity index is 607. The molecule has 0 saturated carbocycles. The number of nitrogens with zero attached hydrogens (tertiary/aromatic N) is 4. The number of aryl methyl sites for hydroxylation is 1. The summed E-state index contributed by atoms with van der Waals surface area (Å²) < 4.78 is 31.1. The number of aromatic nitrogens is 2. The third kappa shape index (κ3) is 3.61. The predicted octanol–water partition coefficient (Wildman–Crippen LogP) is 2.20. The predicted molar refractivity (Wildman–Crippen MR) is 90.4 cm³/mol. The fourth-order valence-electron chi connectivity index (χ4n) is 3.64. The van der Waals surface area contributed by atoms with E-state index >= 15 is 0 Å². The van der Waals surface area contributed by atoms with Crippen LogP contribution in [0, 0.1) is 0 Å². The van der Waals surface area contributed by atoms with Gasteiger partial charge in [0.05, 0.1) is 0 Å². The molecule has 3 heterocycles. The van der Waals surface area contributed by atoms with Gasteiger partial charge in [-0.25, -0.2) is 4.98 Å². The molecule has 0 bridgehead atoms. The molecule has 6 nitrogen and oxygen atoms in total. The Labute approximate surface area is 139 Å². The lowest BCUT2D eigenvalue weighted by molar-refractivity contribution is 0.283. The molecule has 130 valence electrons. The highest BCUT2D eigenvalue weighted by atomic mass is 32.2. The Balaban J connectivity index is 1.72. The highest BCUT2D eigenvalue weighted by Crippen LogP contribution is 2.29. The van der Waals surface area contributed by atoms with Crippen LogP contribution in [-0.2, 0) is 16.8 Å². The van der Waals surface area contributed by atoms with Crippen LogP contribution in [0.3, 0.4) is 0 Å². The van der Waals surface area contributed by atoms with Gasteiger partial charge in [0, 0.05) is 51.0 Å². The third-order valence-corrected chi connectivity index (χ3v) is 6.97. The van der Waals surface area contributed by atoms with E-state index in [9.17, 15) is 8.42 Å². The van der Waals surface area contributed by atoms with E-state index in [1.165, 1.54) is 0 Å². The Morgan fingerprint density at radius 3 is 2.65 bits per heavy atom. The van der Waals surface area contributed by atoms with Crippen molar-refractivity contribution in [3.05, 3.63) is 18.2 Å². The van der Waals surface area contributed by atoms with Crippen molar-refractivity contribution < 1.29 is 8.42 Å². The van der Waals surface area contributed by atoms with E-state index in [1.54, 1.807) is 8.61 Å². The molecule has 1 aromatic heterocycles. The Morgan fingerprint density at radius 2 is 1.91 bits per heavy atom. The summed E-state index contributed by atoms with van der Waals surface area (Å²) >= 11 is 0. The largest absolute Gasteiger partial charge is 0.335 e. The third-order valence-electron chi connectivity index (χ3n) is 4.97. The zero-order valence-electron chi connectivity index (χ0n) is 14.0. The summed E-state index contributed by atoms with van der Waals surface area (Å²) in [6.07, 6.45) is 10.1. The first-order valence-electron chi connectivity index (χ1n) is 8.89. The summed E-state index contributed by atoms with van der Waals surface area (Å²) in [6, 6.07) is 0. The molecule has 0 unspecified atom stereocenters. The van der Waals surface area contributed by atoms with Gasteiger partial charge in [-0.15, -0.1) is 0 Å². The normalized spacial score (nSPS) is 24.3. The maximum Gasteiger partial charge on any atom is 0.281 e. The van der Waals surface area contributed by atoms with Crippen molar-refractivity contribution in [1.82, 2.24) is 18.2 Å². The van der Waals surface area contributed by atoms with Gasteiger partial charge in [0.2, 0.25) is 0 Å². The number of rotatable bonds is 6. The quantitative estimate of drug-likeness (QED) is 0.798. The van der Waals surface area contributed by atoms with E-state index in [-0.39, 0.29) is 5.92 Å². The molecule has 0 spiro atoms. The van der Waals surface area contributed by atoms with E-state index in [0.717, 1.165) is 50.9 Å². The van der Waals surface area contributed by atoms with Crippen LogP contribution in [0.2, 0.25) is 0 Å². The van der Waals surface area contributed by atoms with Gasteiger partial charge >= 0.3 is 0 Å². The van der Waals surface area contributed by atoms with Gasteiger partial charge in [-0.1, -0.05) is 13.3 Å². The molecule has 2 aliphatic rings. The molecule has 0 amide bonds. The Kier molecular flexibility index (Phi) is 5.38. The zero-order valence-corrected chi connectivity index (χ0v) is 14.8. The molecule has 0 aliphatic carbocycles. The van der Waals surface area contributed by atoms with Crippen molar-refractivity contribution in [2.45, 2.75) is 57.9 Å². The van der Waals surface area contributed by atoms with Crippen LogP contribution in [-0.4, -0.2) is 52.8 Å². The molecule has 0 N–H and O–H groups in total. The number of hydrogen-bond donors (Lipinski definition) is 0. The SMILES string of the molecule is CCCCn1ccnc1[C@@H]1CCCN(S(=O)(=O)N2CCCC2)C1. The molecule has 2 saturated heterocycles. The van der Waals surface area contributed by atoms with E-state index in [0.29, 0.717) is 26.2 Å². The van der Waals surface area contributed by atoms with Crippen molar-refractivity contribution in [3.63, 3.8) is 0 Å². The maximum atomic E-state index is 12.8. The first-order chi connectivity index (χ1) is 11.1. The summed E-state index contributed by atoms with van der Waals surface area (Å²) in [4.78, 5) is 4.53. The fraction of sp³-hybridized carbons (Fsp3) is 0.812. The lowest BCUT2D eigenvalue weighted by Gasteiger charge is -2.34. The first-order valence-corrected chi connectivity index (χ1v) is 10.3. The van der Waals surface area contributed by atoms with Crippen LogP contribution in [0.15, 0.2) is 12.4 Å². The van der Waals surface area contributed by atoms with Crippen LogP contribution in [0.5, 0.6) is 0 Å². The second-order valence-electron chi connectivity index (χ2n) is 6.64. The van der Waals surface area contributed by atoms with E-state index < -0.39 is 10.2 Å². The standard InChI is InChI=1S/C16H28N4O2S/c1-2-3-9-18-13-8-17-16(18)15-7-6-12-20(14-15)23(21,22)19-10-4-5-11-19/h8,13,15H,2-7,9-12,14H2,1H3/t15-/m1/s1. The van der Waals surface area contributed by atoms with Crippen molar-refractivity contribution in [2.24, 2.45) is 0 Å². The van der Waals surface area contributed by atoms with E-state index in [2.05, 4.69) is 16.5 Å². The van der Waals surface area contributed by atoms with Gasteiger partial charge in [-0.2, -0.15) is 17.0 Å². The fourth-order valence-corrected chi connectivity index (χ4v) is 5.42. The minimum absolute atomic E-state index is 0.216. The van der Waals surface area contributed by atoms with Gasteiger partial charge in [0.25, 0.3) is 10.2 Å². The second kappa shape index (κ2) is 7.32. The van der Waals surface area contributed by atoms with Crippen molar-refractivity contribution in [2.75, 3.05) is 26.2 Å². The highest BCUT2D eigenvalue weighted by Gasteiger charge is 2.36. The lowest BCUT2D eigenvalue weighted by atomic mass is 9.99. The van der Waals surface area contributed by atoms with Crippen molar-refractivity contribution in [1.29, 1.82) is 0 Å². The van der Waals surface area contributed by atoms with Crippen LogP contribution < -0.4 is 0 Å². The molecule has 7 heteroatoms. The molecule has 23 heavy (non-hydrogen) atoms. The molecular formula is C16H28N4O2S. The maximum absolute atomic E-state index is 12.8. The van der Waals surface area contributed by atoms with Crippen LogP contribution in [0.1, 0.15) is 57.2 Å². The number of imidazole rings is 1. The highest BCUT2D eigenvalue weighted by molar-refractivity contribution is 7.86. The van der Waals surface area contributed by atoms with Gasteiger partial charge in [0.15, 0.2) is 0 Å². The van der Waals surface area contributed by atoms with Crippen LogP contribution in [0.4, 0.5) is 0 Å². The summed E-state index contributed by atoms with van der Waals surface area (Å²) in [6.45, 7) is 5.72. The van der Waals surface area contributed by atoms with Crippen LogP contribution >= 0.6 is 0 Å². The second-order valence-corrected chi connectivity index (χ2v) is 8.57. The number of hydrogen-bond acceptors (Lipinski definition) is 3. The minimum atomic E-state index is -3.29. The molecule has 0 radical (unpaired) electrons. The lowest BCUT2D eigenvalue weighted by Crippen LogP contribution is -2.46. The molecular weight excluding hydrogens is 312 g/mol. The first kappa shape index (κ1) is 16.9. The molecule has 1 atom stereocenters. The Hall–Kier alpha value is -0.920. The van der Waals surface area contributed by atoms with Crippen molar-refractivity contribution in [3.8, 4) is 0 Å². The summed E-state index contributed by atoms with van der Waals surface area (Å²) in [7, 11) is -3.29. The van der Waals surface area contributed by atoms with Crippen LogP contribution in [0.25, 0.3) is 0 Å². The van der Waals surface area contributed by atoms with E-state index in [1.807, 2.05) is 12.4 Å². The number of piperidine rings is 1. The van der Waals surface area contributed by atoms with Gasteiger partial charge in [-0.05, 0) is 32.1 Å². The molecule has 0 aromatic carbocycles. The minimum Gasteiger partial charge on any atom is -0.335 e. The van der Waals surface area contributed by atoms with Gasteiger partial charge < -0.3 is 4.57 Å². The topological polar surface area (TPSA) is 58.4 Å². The summed E-state index contributed by atoms with van der Waals surface area (Å²) in [5, 5.41) is 0. The van der Waals surface area contributed by atoms with Crippen molar-refractivity contribution >= 4 is 10.2 Å². The average molecular weight is 340 g/mol. The monoisotopic (exact) mass is 340 g/mol. The molecule has 1 aromatic rings. The summed E-state index contributed by atoms with van der Waals surface area (Å²) in [5.74, 6) is 1.27. The van der Waals surface area contributed by atoms with Gasteiger partial charge in [0.1, 0.15) is 5.82 Å². The molecule has 2 aliphatic heterocycles. The number of unbranched alkanes of at least 4 members (excludes halogenated alkanes) is 1. The molecule has 2 fully saturated rings.